The van der Waals surface area contributed by atoms with Crippen LogP contribution in [0.4, 0.5) is 13.2 Å². The van der Waals surface area contributed by atoms with Crippen LogP contribution >= 0.6 is 23.2 Å². The first-order chi connectivity index (χ1) is 9.33. The quantitative estimate of drug-likeness (QED) is 0.670. The van der Waals surface area contributed by atoms with Gasteiger partial charge in [0.15, 0.2) is 0 Å². The smallest absolute Gasteiger partial charge is 0.310 e. The molecule has 114 valence electrons. The van der Waals surface area contributed by atoms with Gasteiger partial charge in [-0.1, -0.05) is 36.2 Å². The van der Waals surface area contributed by atoms with Crippen LogP contribution in [0, 0.1) is 0 Å². The van der Waals surface area contributed by atoms with Gasteiger partial charge in [-0.3, -0.25) is 0 Å². The Kier molecular flexibility index (Phi) is 7.13. The monoisotopic (exact) mass is 327 g/mol. The van der Waals surface area contributed by atoms with Gasteiger partial charge in [0.05, 0.1) is 10.0 Å². The van der Waals surface area contributed by atoms with Crippen molar-refractivity contribution < 1.29 is 13.2 Å². The second-order valence-electron chi connectivity index (χ2n) is 4.69. The fourth-order valence-corrected chi connectivity index (χ4v) is 2.25. The van der Waals surface area contributed by atoms with E-state index in [0.29, 0.717) is 16.5 Å². The molecule has 0 heterocycles. The lowest BCUT2D eigenvalue weighted by atomic mass is 10.0. The fraction of sp³-hybridized carbons (Fsp3) is 0.571. The Morgan fingerprint density at radius 1 is 1.20 bits per heavy atom. The Morgan fingerprint density at radius 3 is 2.45 bits per heavy atom. The summed E-state index contributed by atoms with van der Waals surface area (Å²) in [4.78, 5) is 0. The van der Waals surface area contributed by atoms with Crippen molar-refractivity contribution in [2.75, 3.05) is 6.54 Å². The fourth-order valence-electron chi connectivity index (χ4n) is 1.94. The molecule has 0 aliphatic carbocycles. The van der Waals surface area contributed by atoms with E-state index in [1.165, 1.54) is 0 Å². The zero-order valence-corrected chi connectivity index (χ0v) is 12.7. The van der Waals surface area contributed by atoms with Crippen molar-refractivity contribution in [1.82, 2.24) is 5.32 Å². The summed E-state index contributed by atoms with van der Waals surface area (Å²) in [6.45, 7) is 2.76. The minimum Gasteiger partial charge on any atom is -0.310 e. The molecule has 6 heteroatoms. The van der Waals surface area contributed by atoms with E-state index in [1.54, 1.807) is 18.2 Å². The Balaban J connectivity index is 2.69. The molecule has 1 N–H and O–H groups in total. The molecule has 0 amide bonds. The number of alkyl halides is 3. The molecular formula is C14H18Cl2F3N. The van der Waals surface area contributed by atoms with Gasteiger partial charge in [-0.25, -0.2) is 0 Å². The van der Waals surface area contributed by atoms with Gasteiger partial charge in [0.2, 0.25) is 0 Å². The minimum absolute atomic E-state index is 0.0884. The van der Waals surface area contributed by atoms with Crippen LogP contribution in [0.1, 0.15) is 44.2 Å². The van der Waals surface area contributed by atoms with Gasteiger partial charge >= 0.3 is 6.18 Å². The van der Waals surface area contributed by atoms with Gasteiger partial charge < -0.3 is 5.32 Å². The van der Waals surface area contributed by atoms with Crippen LogP contribution in [-0.4, -0.2) is 12.7 Å². The summed E-state index contributed by atoms with van der Waals surface area (Å²) in [5.41, 5.74) is 0.870. The molecule has 1 aromatic rings. The van der Waals surface area contributed by atoms with Crippen LogP contribution in [0.15, 0.2) is 18.2 Å². The summed E-state index contributed by atoms with van der Waals surface area (Å²) in [6, 6.07) is 5.05. The van der Waals surface area contributed by atoms with Crippen molar-refractivity contribution in [3.63, 3.8) is 0 Å². The molecular weight excluding hydrogens is 310 g/mol. The van der Waals surface area contributed by atoms with Gasteiger partial charge in [-0.05, 0) is 43.5 Å². The molecule has 1 rings (SSSR count). The molecule has 1 unspecified atom stereocenters. The van der Waals surface area contributed by atoms with E-state index in [-0.39, 0.29) is 12.5 Å². The summed E-state index contributed by atoms with van der Waals surface area (Å²) in [6.07, 6.45) is -3.45. The number of rotatable bonds is 7. The summed E-state index contributed by atoms with van der Waals surface area (Å²) >= 11 is 11.8. The Bertz CT molecular complexity index is 421. The van der Waals surface area contributed by atoms with E-state index in [2.05, 4.69) is 5.32 Å². The van der Waals surface area contributed by atoms with Gasteiger partial charge in [-0.2, -0.15) is 13.2 Å². The summed E-state index contributed by atoms with van der Waals surface area (Å²) < 4.78 is 36.7. The van der Waals surface area contributed by atoms with Gasteiger partial charge in [-0.15, -0.1) is 0 Å². The highest BCUT2D eigenvalue weighted by Gasteiger charge is 2.26. The van der Waals surface area contributed by atoms with Crippen molar-refractivity contribution in [1.29, 1.82) is 0 Å². The molecule has 1 nitrogen and oxygen atoms in total. The largest absolute Gasteiger partial charge is 0.389 e. The van der Waals surface area contributed by atoms with Gasteiger partial charge in [0.25, 0.3) is 0 Å². The predicted octanol–water partition coefficient (Wildman–Crippen LogP) is 5.77. The highest BCUT2D eigenvalue weighted by Crippen LogP contribution is 2.29. The first-order valence-corrected chi connectivity index (χ1v) is 7.34. The SMILES string of the molecule is CCCNC(CCCC(F)(F)F)c1ccc(Cl)c(Cl)c1. The first kappa shape index (κ1) is 17.6. The average Bonchev–Trinajstić information content (AvgIpc) is 2.35. The Morgan fingerprint density at radius 2 is 1.90 bits per heavy atom. The molecule has 0 spiro atoms. The van der Waals surface area contributed by atoms with Crippen molar-refractivity contribution in [2.45, 2.75) is 44.8 Å². The molecule has 0 saturated heterocycles. The summed E-state index contributed by atoms with van der Waals surface area (Å²) in [7, 11) is 0. The normalized spacial score (nSPS) is 13.5. The second-order valence-corrected chi connectivity index (χ2v) is 5.50. The zero-order chi connectivity index (χ0) is 15.2. The van der Waals surface area contributed by atoms with Crippen LogP contribution in [0.5, 0.6) is 0 Å². The summed E-state index contributed by atoms with van der Waals surface area (Å²) in [5.74, 6) is 0. The Labute approximate surface area is 127 Å². The molecule has 0 bridgehead atoms. The lowest BCUT2D eigenvalue weighted by Crippen LogP contribution is -2.22. The Hall–Kier alpha value is -0.450. The van der Waals surface area contributed by atoms with Crippen molar-refractivity contribution in [2.24, 2.45) is 0 Å². The lowest BCUT2D eigenvalue weighted by molar-refractivity contribution is -0.135. The molecule has 20 heavy (non-hydrogen) atoms. The molecule has 1 atom stereocenters. The molecule has 0 aliphatic rings. The highest BCUT2D eigenvalue weighted by atomic mass is 35.5. The van der Waals surface area contributed by atoms with E-state index in [4.69, 9.17) is 23.2 Å². The maximum absolute atomic E-state index is 12.2. The van der Waals surface area contributed by atoms with E-state index < -0.39 is 12.6 Å². The van der Waals surface area contributed by atoms with Crippen molar-refractivity contribution in [3.05, 3.63) is 33.8 Å². The predicted molar refractivity (Wildman–Crippen MR) is 77.4 cm³/mol. The minimum atomic E-state index is -4.10. The third kappa shape index (κ3) is 6.33. The van der Waals surface area contributed by atoms with Gasteiger partial charge in [0.1, 0.15) is 0 Å². The maximum Gasteiger partial charge on any atom is 0.389 e. The topological polar surface area (TPSA) is 12.0 Å². The van der Waals surface area contributed by atoms with Gasteiger partial charge in [0, 0.05) is 12.5 Å². The third-order valence-corrected chi connectivity index (χ3v) is 3.68. The average molecular weight is 328 g/mol. The zero-order valence-electron chi connectivity index (χ0n) is 11.2. The first-order valence-electron chi connectivity index (χ1n) is 6.58. The van der Waals surface area contributed by atoms with E-state index in [1.807, 2.05) is 6.92 Å². The number of benzene rings is 1. The standard InChI is InChI=1S/C14H18Cl2F3N/c1-2-8-20-13(4-3-7-14(17,18)19)10-5-6-11(15)12(16)9-10/h5-6,9,13,20H,2-4,7-8H2,1H3. The number of halogens is 5. The molecule has 0 aliphatic heterocycles. The highest BCUT2D eigenvalue weighted by molar-refractivity contribution is 6.42. The van der Waals surface area contributed by atoms with Crippen molar-refractivity contribution in [3.8, 4) is 0 Å². The maximum atomic E-state index is 12.2. The molecule has 0 radical (unpaired) electrons. The van der Waals surface area contributed by atoms with Crippen molar-refractivity contribution >= 4 is 23.2 Å². The van der Waals surface area contributed by atoms with Crippen LogP contribution in [-0.2, 0) is 0 Å². The van der Waals surface area contributed by atoms with E-state index in [9.17, 15) is 13.2 Å². The molecule has 1 aromatic carbocycles. The summed E-state index contributed by atoms with van der Waals surface area (Å²) in [5, 5.41) is 4.11. The molecule has 0 saturated carbocycles. The number of hydrogen-bond acceptors (Lipinski definition) is 1. The van der Waals surface area contributed by atoms with E-state index in [0.717, 1.165) is 18.5 Å². The lowest BCUT2D eigenvalue weighted by Gasteiger charge is -2.20. The third-order valence-electron chi connectivity index (χ3n) is 2.94. The van der Waals surface area contributed by atoms with Crippen LogP contribution in [0.2, 0.25) is 10.0 Å². The van der Waals surface area contributed by atoms with Crippen LogP contribution in [0.25, 0.3) is 0 Å². The number of nitrogens with one attached hydrogen (secondary N) is 1. The van der Waals surface area contributed by atoms with E-state index >= 15 is 0 Å². The molecule has 0 aromatic heterocycles. The second kappa shape index (κ2) is 8.11. The van der Waals surface area contributed by atoms with Crippen LogP contribution < -0.4 is 5.32 Å². The van der Waals surface area contributed by atoms with Crippen LogP contribution in [0.3, 0.4) is 0 Å². The number of hydrogen-bond donors (Lipinski definition) is 1. The molecule has 0 fully saturated rings.